The standard InChI is InChI=1S/C16H27N3O/c1-3-4-5-6-7-12-18-13(2)14-8-10-15(11-9-14)19-16(17)20/h8-11,13,18H,3-7,12H2,1-2H3,(H3,17,19,20). The van der Waals surface area contributed by atoms with Gasteiger partial charge in [0.25, 0.3) is 0 Å². The van der Waals surface area contributed by atoms with Gasteiger partial charge < -0.3 is 16.4 Å². The van der Waals surface area contributed by atoms with Crippen LogP contribution in [0.3, 0.4) is 0 Å². The highest BCUT2D eigenvalue weighted by molar-refractivity contribution is 5.87. The van der Waals surface area contributed by atoms with Crippen molar-refractivity contribution in [1.82, 2.24) is 5.32 Å². The molecule has 0 spiro atoms. The maximum atomic E-state index is 10.7. The van der Waals surface area contributed by atoms with E-state index in [1.165, 1.54) is 37.7 Å². The number of carbonyl (C=O) groups excluding carboxylic acids is 1. The van der Waals surface area contributed by atoms with E-state index in [4.69, 9.17) is 5.73 Å². The Hall–Kier alpha value is -1.55. The molecule has 1 aromatic rings. The van der Waals surface area contributed by atoms with Crippen LogP contribution in [0.5, 0.6) is 0 Å². The number of hydrogen-bond donors (Lipinski definition) is 3. The Bertz CT molecular complexity index is 389. The van der Waals surface area contributed by atoms with Crippen molar-refractivity contribution in [3.8, 4) is 0 Å². The fourth-order valence-electron chi connectivity index (χ4n) is 2.16. The lowest BCUT2D eigenvalue weighted by Gasteiger charge is -2.14. The first kappa shape index (κ1) is 16.5. The third-order valence-corrected chi connectivity index (χ3v) is 3.41. The molecule has 0 bridgehead atoms. The van der Waals surface area contributed by atoms with Gasteiger partial charge in [-0.1, -0.05) is 44.7 Å². The first-order valence-corrected chi connectivity index (χ1v) is 7.53. The Kier molecular flexibility index (Phi) is 7.73. The number of unbranched alkanes of at least 4 members (excludes halogenated alkanes) is 4. The highest BCUT2D eigenvalue weighted by atomic mass is 16.2. The summed E-state index contributed by atoms with van der Waals surface area (Å²) < 4.78 is 0. The molecule has 1 atom stereocenters. The molecule has 4 heteroatoms. The fourth-order valence-corrected chi connectivity index (χ4v) is 2.16. The van der Waals surface area contributed by atoms with Crippen LogP contribution in [0.4, 0.5) is 10.5 Å². The van der Waals surface area contributed by atoms with E-state index in [1.807, 2.05) is 24.3 Å². The largest absolute Gasteiger partial charge is 0.351 e. The Morgan fingerprint density at radius 1 is 1.15 bits per heavy atom. The molecule has 1 unspecified atom stereocenters. The fraction of sp³-hybridized carbons (Fsp3) is 0.562. The number of urea groups is 1. The molecule has 2 amide bonds. The molecule has 0 aliphatic rings. The third kappa shape index (κ3) is 6.57. The van der Waals surface area contributed by atoms with Gasteiger partial charge in [-0.2, -0.15) is 0 Å². The predicted octanol–water partition coefficient (Wildman–Crippen LogP) is 3.80. The van der Waals surface area contributed by atoms with Gasteiger partial charge in [0.05, 0.1) is 0 Å². The number of amides is 2. The van der Waals surface area contributed by atoms with Crippen LogP contribution in [0, 0.1) is 0 Å². The monoisotopic (exact) mass is 277 g/mol. The zero-order chi connectivity index (χ0) is 14.8. The highest BCUT2D eigenvalue weighted by Gasteiger charge is 2.04. The van der Waals surface area contributed by atoms with Crippen LogP contribution in [0.2, 0.25) is 0 Å². The summed E-state index contributed by atoms with van der Waals surface area (Å²) in [5.74, 6) is 0. The predicted molar refractivity (Wildman–Crippen MR) is 84.8 cm³/mol. The summed E-state index contributed by atoms with van der Waals surface area (Å²) in [5.41, 5.74) is 7.02. The number of rotatable bonds is 9. The van der Waals surface area contributed by atoms with E-state index in [2.05, 4.69) is 24.5 Å². The molecule has 0 radical (unpaired) electrons. The van der Waals surface area contributed by atoms with E-state index in [-0.39, 0.29) is 0 Å². The van der Waals surface area contributed by atoms with Gasteiger partial charge in [0, 0.05) is 11.7 Å². The SMILES string of the molecule is CCCCCCCNC(C)c1ccc(NC(N)=O)cc1. The lowest BCUT2D eigenvalue weighted by Crippen LogP contribution is -2.20. The third-order valence-electron chi connectivity index (χ3n) is 3.41. The maximum absolute atomic E-state index is 10.7. The minimum atomic E-state index is -0.531. The highest BCUT2D eigenvalue weighted by Crippen LogP contribution is 2.16. The quantitative estimate of drug-likeness (QED) is 0.601. The molecule has 1 rings (SSSR count). The Morgan fingerprint density at radius 3 is 2.40 bits per heavy atom. The van der Waals surface area contributed by atoms with Gasteiger partial charge in [-0.15, -0.1) is 0 Å². The molecule has 0 saturated carbocycles. The molecule has 0 aliphatic heterocycles. The minimum absolute atomic E-state index is 0.323. The number of benzene rings is 1. The Balaban J connectivity index is 2.28. The lowest BCUT2D eigenvalue weighted by molar-refractivity contribution is 0.259. The minimum Gasteiger partial charge on any atom is -0.351 e. The summed E-state index contributed by atoms with van der Waals surface area (Å²) in [6.45, 7) is 5.44. The lowest BCUT2D eigenvalue weighted by atomic mass is 10.1. The second-order valence-electron chi connectivity index (χ2n) is 5.20. The smallest absolute Gasteiger partial charge is 0.316 e. The summed E-state index contributed by atoms with van der Waals surface area (Å²) in [5, 5.41) is 6.09. The zero-order valence-corrected chi connectivity index (χ0v) is 12.6. The molecule has 0 aliphatic carbocycles. The van der Waals surface area contributed by atoms with E-state index in [1.54, 1.807) is 0 Å². The normalized spacial score (nSPS) is 12.1. The first-order valence-electron chi connectivity index (χ1n) is 7.53. The Morgan fingerprint density at radius 2 is 1.80 bits per heavy atom. The number of hydrogen-bond acceptors (Lipinski definition) is 2. The van der Waals surface area contributed by atoms with Crippen molar-refractivity contribution in [3.05, 3.63) is 29.8 Å². The molecule has 4 nitrogen and oxygen atoms in total. The number of nitrogens with two attached hydrogens (primary N) is 1. The van der Waals surface area contributed by atoms with Gasteiger partial charge in [0.1, 0.15) is 0 Å². The summed E-state index contributed by atoms with van der Waals surface area (Å²) in [6.07, 6.45) is 6.49. The van der Waals surface area contributed by atoms with E-state index in [0.717, 1.165) is 12.2 Å². The van der Waals surface area contributed by atoms with E-state index < -0.39 is 6.03 Å². The van der Waals surface area contributed by atoms with Gasteiger partial charge in [-0.3, -0.25) is 0 Å². The van der Waals surface area contributed by atoms with Crippen LogP contribution in [0.1, 0.15) is 57.6 Å². The summed E-state index contributed by atoms with van der Waals surface area (Å²) in [7, 11) is 0. The van der Waals surface area contributed by atoms with Gasteiger partial charge in [-0.25, -0.2) is 4.79 Å². The summed E-state index contributed by atoms with van der Waals surface area (Å²) >= 11 is 0. The number of nitrogens with one attached hydrogen (secondary N) is 2. The number of carbonyl (C=O) groups is 1. The van der Waals surface area contributed by atoms with Crippen LogP contribution in [-0.2, 0) is 0 Å². The van der Waals surface area contributed by atoms with Gasteiger partial charge in [0.15, 0.2) is 0 Å². The van der Waals surface area contributed by atoms with Crippen LogP contribution in [0.25, 0.3) is 0 Å². The molecule has 0 heterocycles. The maximum Gasteiger partial charge on any atom is 0.316 e. The summed E-state index contributed by atoms with van der Waals surface area (Å²) in [6, 6.07) is 7.57. The molecule has 0 saturated heterocycles. The van der Waals surface area contributed by atoms with Crippen molar-refractivity contribution in [3.63, 3.8) is 0 Å². The molecule has 112 valence electrons. The molecular formula is C16H27N3O. The second kappa shape index (κ2) is 9.37. The van der Waals surface area contributed by atoms with Crippen LogP contribution in [0.15, 0.2) is 24.3 Å². The van der Waals surface area contributed by atoms with Crippen molar-refractivity contribution in [2.45, 2.75) is 52.0 Å². The van der Waals surface area contributed by atoms with Crippen molar-refractivity contribution < 1.29 is 4.79 Å². The van der Waals surface area contributed by atoms with E-state index in [0.29, 0.717) is 6.04 Å². The van der Waals surface area contributed by atoms with E-state index in [9.17, 15) is 4.79 Å². The topological polar surface area (TPSA) is 67.2 Å². The number of primary amides is 1. The van der Waals surface area contributed by atoms with Crippen molar-refractivity contribution in [1.29, 1.82) is 0 Å². The van der Waals surface area contributed by atoms with Gasteiger partial charge in [0.2, 0.25) is 0 Å². The van der Waals surface area contributed by atoms with Crippen LogP contribution < -0.4 is 16.4 Å². The van der Waals surface area contributed by atoms with Crippen molar-refractivity contribution >= 4 is 11.7 Å². The summed E-state index contributed by atoms with van der Waals surface area (Å²) in [4.78, 5) is 10.7. The van der Waals surface area contributed by atoms with Crippen LogP contribution in [-0.4, -0.2) is 12.6 Å². The average molecular weight is 277 g/mol. The van der Waals surface area contributed by atoms with Crippen molar-refractivity contribution in [2.24, 2.45) is 5.73 Å². The molecule has 4 N–H and O–H groups in total. The molecule has 20 heavy (non-hydrogen) atoms. The molecule has 0 fully saturated rings. The molecule has 1 aromatic carbocycles. The molecular weight excluding hydrogens is 250 g/mol. The van der Waals surface area contributed by atoms with E-state index >= 15 is 0 Å². The zero-order valence-electron chi connectivity index (χ0n) is 12.6. The van der Waals surface area contributed by atoms with Gasteiger partial charge >= 0.3 is 6.03 Å². The number of anilines is 1. The van der Waals surface area contributed by atoms with Crippen LogP contribution >= 0.6 is 0 Å². The molecule has 0 aromatic heterocycles. The average Bonchev–Trinajstić information content (AvgIpc) is 2.42. The van der Waals surface area contributed by atoms with Gasteiger partial charge in [-0.05, 0) is 37.6 Å². The van der Waals surface area contributed by atoms with Crippen molar-refractivity contribution in [2.75, 3.05) is 11.9 Å². The first-order chi connectivity index (χ1) is 9.63. The Labute approximate surface area is 122 Å². The second-order valence-corrected chi connectivity index (χ2v) is 5.20.